The van der Waals surface area contributed by atoms with Gasteiger partial charge in [-0.25, -0.2) is 0 Å². The average Bonchev–Trinajstić information content (AvgIpc) is 2.64. The Morgan fingerprint density at radius 2 is 1.80 bits per heavy atom. The number of phenolic OH excluding ortho intramolecular Hbond substituents is 1. The summed E-state index contributed by atoms with van der Waals surface area (Å²) in [4.78, 5) is 15.3. The van der Waals surface area contributed by atoms with Gasteiger partial charge in [-0.15, -0.1) is 0 Å². The van der Waals surface area contributed by atoms with Crippen molar-refractivity contribution in [3.8, 4) is 5.75 Å². The number of nitrogens with zero attached hydrogens (tertiary/aromatic N) is 1. The topological polar surface area (TPSA) is 52.6 Å². The van der Waals surface area contributed by atoms with Crippen molar-refractivity contribution in [2.24, 2.45) is 5.92 Å². The lowest BCUT2D eigenvalue weighted by Crippen LogP contribution is -2.61. The number of benzene rings is 2. The highest BCUT2D eigenvalue weighted by Gasteiger charge is 2.47. The maximum Gasteiger partial charge on any atom is 0.262 e. The van der Waals surface area contributed by atoms with Crippen LogP contribution in [0.5, 0.6) is 5.75 Å². The normalized spacial score (nSPS) is 25.6. The Balaban J connectivity index is 1.79. The van der Waals surface area contributed by atoms with E-state index in [0.29, 0.717) is 5.56 Å². The molecule has 1 heterocycles. The number of carbonyl (C=O) groups is 1. The van der Waals surface area contributed by atoms with Crippen molar-refractivity contribution in [2.75, 3.05) is 10.2 Å². The van der Waals surface area contributed by atoms with E-state index in [-0.39, 0.29) is 17.3 Å². The maximum absolute atomic E-state index is 13.4. The molecule has 0 atom stereocenters. The molecule has 0 bridgehead atoms. The Labute approximate surface area is 148 Å². The standard InChI is InChI=1S/C21H24N2O2/c1-2-15-11-13-21(14-12-15)22-19-6-4-3-5-18(19)20(25)23(21)16-7-9-17(24)10-8-16/h3-10,15,22,24H,2,11-14H2,1H3. The van der Waals surface area contributed by atoms with E-state index in [1.54, 1.807) is 12.1 Å². The number of hydrogen-bond acceptors (Lipinski definition) is 3. The van der Waals surface area contributed by atoms with Crippen LogP contribution in [0.2, 0.25) is 0 Å². The van der Waals surface area contributed by atoms with Gasteiger partial charge < -0.3 is 10.4 Å². The van der Waals surface area contributed by atoms with Gasteiger partial charge in [0.1, 0.15) is 11.4 Å². The number of amides is 1. The molecule has 0 unspecified atom stereocenters. The SMILES string of the molecule is CCC1CCC2(CC1)Nc1ccccc1C(=O)N2c1ccc(O)cc1. The van der Waals surface area contributed by atoms with E-state index in [1.807, 2.05) is 41.3 Å². The predicted molar refractivity (Wildman–Crippen MR) is 100.0 cm³/mol. The third-order valence-corrected chi connectivity index (χ3v) is 5.77. The number of nitrogens with one attached hydrogen (secondary N) is 1. The third kappa shape index (κ3) is 2.66. The smallest absolute Gasteiger partial charge is 0.262 e. The molecule has 2 N–H and O–H groups in total. The number of anilines is 2. The summed E-state index contributed by atoms with van der Waals surface area (Å²) in [5, 5.41) is 13.3. The van der Waals surface area contributed by atoms with Crippen LogP contribution in [0.3, 0.4) is 0 Å². The minimum absolute atomic E-state index is 0.0370. The van der Waals surface area contributed by atoms with Crippen molar-refractivity contribution in [3.63, 3.8) is 0 Å². The minimum atomic E-state index is -0.381. The monoisotopic (exact) mass is 336 g/mol. The second-order valence-electron chi connectivity index (χ2n) is 7.21. The summed E-state index contributed by atoms with van der Waals surface area (Å²) in [5.41, 5.74) is 2.09. The highest BCUT2D eigenvalue weighted by Crippen LogP contribution is 2.44. The van der Waals surface area contributed by atoms with Crippen LogP contribution >= 0.6 is 0 Å². The molecule has 1 aliphatic heterocycles. The number of hydrogen-bond donors (Lipinski definition) is 2. The molecule has 1 amide bonds. The van der Waals surface area contributed by atoms with E-state index < -0.39 is 0 Å². The van der Waals surface area contributed by atoms with E-state index in [4.69, 9.17) is 0 Å². The van der Waals surface area contributed by atoms with Crippen molar-refractivity contribution >= 4 is 17.3 Å². The van der Waals surface area contributed by atoms with Crippen LogP contribution in [0.4, 0.5) is 11.4 Å². The van der Waals surface area contributed by atoms with Gasteiger partial charge in [0.25, 0.3) is 5.91 Å². The Morgan fingerprint density at radius 3 is 2.48 bits per heavy atom. The highest BCUT2D eigenvalue weighted by molar-refractivity contribution is 6.12. The zero-order valence-electron chi connectivity index (χ0n) is 14.5. The summed E-state index contributed by atoms with van der Waals surface area (Å²) in [7, 11) is 0. The van der Waals surface area contributed by atoms with Crippen LogP contribution in [0.25, 0.3) is 0 Å². The zero-order chi connectivity index (χ0) is 17.4. The van der Waals surface area contributed by atoms with Gasteiger partial charge in [0.2, 0.25) is 0 Å². The molecule has 4 nitrogen and oxygen atoms in total. The van der Waals surface area contributed by atoms with E-state index in [2.05, 4.69) is 12.2 Å². The number of aromatic hydroxyl groups is 1. The lowest BCUT2D eigenvalue weighted by atomic mass is 9.78. The summed E-state index contributed by atoms with van der Waals surface area (Å²) in [6.07, 6.45) is 5.31. The van der Waals surface area contributed by atoms with Crippen LogP contribution in [-0.2, 0) is 0 Å². The van der Waals surface area contributed by atoms with Crippen molar-refractivity contribution in [1.82, 2.24) is 0 Å². The molecule has 130 valence electrons. The molecule has 1 fully saturated rings. The first-order valence-corrected chi connectivity index (χ1v) is 9.14. The van der Waals surface area contributed by atoms with E-state index in [0.717, 1.165) is 43.0 Å². The first kappa shape index (κ1) is 16.0. The maximum atomic E-state index is 13.4. The Bertz CT molecular complexity index is 777. The fraction of sp³-hybridized carbons (Fsp3) is 0.381. The number of phenols is 1. The third-order valence-electron chi connectivity index (χ3n) is 5.77. The largest absolute Gasteiger partial charge is 0.508 e. The fourth-order valence-corrected chi connectivity index (χ4v) is 4.28. The van der Waals surface area contributed by atoms with Crippen LogP contribution in [-0.4, -0.2) is 16.7 Å². The molecule has 1 aliphatic carbocycles. The van der Waals surface area contributed by atoms with E-state index >= 15 is 0 Å². The van der Waals surface area contributed by atoms with Crippen LogP contribution < -0.4 is 10.2 Å². The Morgan fingerprint density at radius 1 is 1.12 bits per heavy atom. The first-order valence-electron chi connectivity index (χ1n) is 9.14. The molecule has 2 aliphatic rings. The van der Waals surface area contributed by atoms with Gasteiger partial charge in [-0.3, -0.25) is 9.69 Å². The molecule has 4 heteroatoms. The Kier molecular flexibility index (Phi) is 3.91. The number of carbonyl (C=O) groups excluding carboxylic acids is 1. The van der Waals surface area contributed by atoms with Crippen LogP contribution in [0.15, 0.2) is 48.5 Å². The molecule has 2 aromatic carbocycles. The number of para-hydroxylation sites is 1. The first-order chi connectivity index (χ1) is 12.1. The highest BCUT2D eigenvalue weighted by atomic mass is 16.3. The molecule has 1 saturated carbocycles. The van der Waals surface area contributed by atoms with Crippen LogP contribution in [0, 0.1) is 5.92 Å². The molecular weight excluding hydrogens is 312 g/mol. The summed E-state index contributed by atoms with van der Waals surface area (Å²) in [6.45, 7) is 2.25. The second-order valence-corrected chi connectivity index (χ2v) is 7.21. The fourth-order valence-electron chi connectivity index (χ4n) is 4.28. The van der Waals surface area contributed by atoms with Gasteiger partial charge in [0, 0.05) is 11.4 Å². The van der Waals surface area contributed by atoms with Crippen molar-refractivity contribution in [3.05, 3.63) is 54.1 Å². The van der Waals surface area contributed by atoms with Gasteiger partial charge in [0.05, 0.1) is 5.56 Å². The van der Waals surface area contributed by atoms with Gasteiger partial charge >= 0.3 is 0 Å². The molecule has 2 aromatic rings. The van der Waals surface area contributed by atoms with E-state index in [9.17, 15) is 9.90 Å². The van der Waals surface area contributed by atoms with Gasteiger partial charge in [-0.1, -0.05) is 25.5 Å². The van der Waals surface area contributed by atoms with Crippen molar-refractivity contribution in [2.45, 2.75) is 44.7 Å². The lowest BCUT2D eigenvalue weighted by Gasteiger charge is -2.51. The van der Waals surface area contributed by atoms with Crippen molar-refractivity contribution in [1.29, 1.82) is 0 Å². The van der Waals surface area contributed by atoms with Gasteiger partial charge in [0.15, 0.2) is 0 Å². The summed E-state index contributed by atoms with van der Waals surface area (Å²) >= 11 is 0. The predicted octanol–water partition coefficient (Wildman–Crippen LogP) is 4.76. The average molecular weight is 336 g/mol. The molecule has 25 heavy (non-hydrogen) atoms. The second kappa shape index (κ2) is 6.10. The molecule has 0 saturated heterocycles. The number of fused-ring (bicyclic) bond motifs is 1. The Hall–Kier alpha value is -2.49. The van der Waals surface area contributed by atoms with Crippen LogP contribution in [0.1, 0.15) is 49.4 Å². The molecule has 4 rings (SSSR count). The molecular formula is C21H24N2O2. The van der Waals surface area contributed by atoms with E-state index in [1.165, 1.54) is 6.42 Å². The molecule has 1 spiro atoms. The minimum Gasteiger partial charge on any atom is -0.508 e. The molecule has 0 radical (unpaired) electrons. The lowest BCUT2D eigenvalue weighted by molar-refractivity contribution is 0.0928. The molecule has 0 aromatic heterocycles. The quantitative estimate of drug-likeness (QED) is 0.831. The summed E-state index contributed by atoms with van der Waals surface area (Å²) < 4.78 is 0. The zero-order valence-corrected chi connectivity index (χ0v) is 14.5. The van der Waals surface area contributed by atoms with Crippen molar-refractivity contribution < 1.29 is 9.90 Å². The van der Waals surface area contributed by atoms with Gasteiger partial charge in [-0.05, 0) is 68.0 Å². The number of rotatable bonds is 2. The van der Waals surface area contributed by atoms with Gasteiger partial charge in [-0.2, -0.15) is 0 Å². The summed E-state index contributed by atoms with van der Waals surface area (Å²) in [5.74, 6) is 0.988. The summed E-state index contributed by atoms with van der Waals surface area (Å²) in [6, 6.07) is 14.7.